The van der Waals surface area contributed by atoms with Crippen molar-refractivity contribution in [3.63, 3.8) is 0 Å². The van der Waals surface area contributed by atoms with Crippen LogP contribution in [0.5, 0.6) is 0 Å². The Morgan fingerprint density at radius 2 is 1.92 bits per heavy atom. The Morgan fingerprint density at radius 1 is 1.11 bits per heavy atom. The van der Waals surface area contributed by atoms with Crippen LogP contribution in [0.25, 0.3) is 16.7 Å². The number of aliphatic hydroxyl groups excluding tert-OH is 2. The highest BCUT2D eigenvalue weighted by atomic mass is 16.5. The van der Waals surface area contributed by atoms with Crippen LogP contribution < -0.4 is 0 Å². The van der Waals surface area contributed by atoms with Gasteiger partial charge in [-0.1, -0.05) is 45.1 Å². The van der Waals surface area contributed by atoms with Gasteiger partial charge in [-0.3, -0.25) is 0 Å². The number of oxazole rings is 1. The summed E-state index contributed by atoms with van der Waals surface area (Å²) in [6, 6.07) is 6.21. The summed E-state index contributed by atoms with van der Waals surface area (Å²) in [5.74, 6) is 0.277. The number of hydrogen-bond acceptors (Lipinski definition) is 6. The number of likely N-dealkylation sites (N-methyl/N-ethyl adjacent to an activating group) is 1. The molecule has 0 radical (unpaired) electrons. The second kappa shape index (κ2) is 6.98. The zero-order valence-corrected chi connectivity index (χ0v) is 21.8. The number of aromatic nitrogens is 1. The third-order valence-electron chi connectivity index (χ3n) is 10.7. The van der Waals surface area contributed by atoms with Crippen LogP contribution in [-0.4, -0.2) is 63.6 Å². The van der Waals surface area contributed by atoms with E-state index in [0.717, 1.165) is 35.9 Å². The fraction of sp³-hybridized carbons (Fsp3) is 0.567. The lowest BCUT2D eigenvalue weighted by atomic mass is 9.49. The number of hydrogen-bond donors (Lipinski definition) is 2. The van der Waals surface area contributed by atoms with Crippen LogP contribution in [-0.2, 0) is 4.74 Å². The molecule has 6 nitrogen and oxygen atoms in total. The summed E-state index contributed by atoms with van der Waals surface area (Å²) in [4.78, 5) is 6.33. The van der Waals surface area contributed by atoms with Gasteiger partial charge in [0.25, 0.3) is 0 Å². The maximum Gasteiger partial charge on any atom is 0.181 e. The minimum Gasteiger partial charge on any atom is -0.443 e. The smallest absolute Gasteiger partial charge is 0.181 e. The topological polar surface area (TPSA) is 79.0 Å². The van der Waals surface area contributed by atoms with E-state index in [1.165, 1.54) is 23.1 Å². The van der Waals surface area contributed by atoms with Crippen molar-refractivity contribution in [2.24, 2.45) is 16.7 Å². The molecule has 1 saturated carbocycles. The predicted molar refractivity (Wildman–Crippen MR) is 138 cm³/mol. The van der Waals surface area contributed by atoms with Crippen LogP contribution in [0.3, 0.4) is 0 Å². The molecule has 1 aromatic carbocycles. The van der Waals surface area contributed by atoms with Crippen molar-refractivity contribution >= 4 is 16.7 Å². The average molecular weight is 489 g/mol. The van der Waals surface area contributed by atoms with E-state index in [9.17, 15) is 10.2 Å². The standard InChI is InChI=1S/C30H36N2O4/c1-27(2)14-18-13-20-25(33)26(34)22(32(4)5)15-29(20)10-11-30(18,36-29)24-9-7-19(28(24,27)3)17-6-8-21-23(12-17)35-16-31-21/h6-8,12-14,16,22,24-26,33-34H,9-11,15H2,1-5H3/t22-,24?,25+,26+,28+,29+,30+/m0/s1. The van der Waals surface area contributed by atoms with Crippen molar-refractivity contribution < 1.29 is 19.4 Å². The van der Waals surface area contributed by atoms with Gasteiger partial charge < -0.3 is 24.3 Å². The van der Waals surface area contributed by atoms with Gasteiger partial charge in [-0.05, 0) is 79.6 Å². The van der Waals surface area contributed by atoms with Crippen LogP contribution in [0.15, 0.2) is 58.4 Å². The molecule has 0 amide bonds. The highest BCUT2D eigenvalue weighted by Gasteiger charge is 2.70. The molecule has 3 aliphatic carbocycles. The molecule has 2 spiro atoms. The number of allylic oxidation sites excluding steroid dienone is 3. The summed E-state index contributed by atoms with van der Waals surface area (Å²) in [6.45, 7) is 7.07. The molecular formula is C30H36N2O4. The van der Waals surface area contributed by atoms with Gasteiger partial charge in [0.15, 0.2) is 12.0 Å². The second-order valence-corrected chi connectivity index (χ2v) is 12.7. The van der Waals surface area contributed by atoms with Crippen LogP contribution in [0.4, 0.5) is 0 Å². The fourth-order valence-electron chi connectivity index (χ4n) is 8.54. The molecule has 2 fully saturated rings. The highest BCUT2D eigenvalue weighted by molar-refractivity contribution is 5.82. The SMILES string of the molecule is CN(C)[C@H]1C[C@@]23CC[C@@]4(O2)C(=CC(C)(C)[C@]2(C)C(c5ccc6ncoc6c5)=CCC42)C=C3[C@@H](O)[C@@H]1O. The first-order valence-corrected chi connectivity index (χ1v) is 13.2. The summed E-state index contributed by atoms with van der Waals surface area (Å²) >= 11 is 0. The lowest BCUT2D eigenvalue weighted by Gasteiger charge is -2.60. The molecule has 36 heavy (non-hydrogen) atoms. The minimum atomic E-state index is -0.912. The molecule has 3 heterocycles. The van der Waals surface area contributed by atoms with Gasteiger partial charge in [0.05, 0.1) is 17.3 Å². The van der Waals surface area contributed by atoms with Crippen molar-refractivity contribution in [2.45, 2.75) is 75.9 Å². The van der Waals surface area contributed by atoms with Crippen molar-refractivity contribution in [3.05, 3.63) is 59.5 Å². The van der Waals surface area contributed by atoms with Crippen LogP contribution in [0.1, 0.15) is 52.0 Å². The van der Waals surface area contributed by atoms with Crippen molar-refractivity contribution in [2.75, 3.05) is 14.1 Å². The molecule has 2 N–H and O–H groups in total. The number of rotatable bonds is 2. The molecule has 190 valence electrons. The molecule has 1 unspecified atom stereocenters. The first-order valence-electron chi connectivity index (χ1n) is 13.2. The Labute approximate surface area is 212 Å². The fourth-order valence-corrected chi connectivity index (χ4v) is 8.54. The third kappa shape index (κ3) is 2.59. The normalized spacial score (nSPS) is 42.5. The third-order valence-corrected chi connectivity index (χ3v) is 10.7. The largest absolute Gasteiger partial charge is 0.443 e. The van der Waals surface area contributed by atoms with E-state index in [-0.39, 0.29) is 28.4 Å². The van der Waals surface area contributed by atoms with E-state index in [4.69, 9.17) is 9.15 Å². The van der Waals surface area contributed by atoms with Gasteiger partial charge in [0.2, 0.25) is 0 Å². The maximum atomic E-state index is 11.2. The Balaban J connectivity index is 1.37. The summed E-state index contributed by atoms with van der Waals surface area (Å²) in [5.41, 5.74) is 5.09. The monoisotopic (exact) mass is 488 g/mol. The Hall–Kier alpha value is -2.25. The quantitative estimate of drug-likeness (QED) is 0.649. The van der Waals surface area contributed by atoms with Crippen LogP contribution in [0.2, 0.25) is 0 Å². The molecule has 6 heteroatoms. The first kappa shape index (κ1) is 22.9. The van der Waals surface area contributed by atoms with Gasteiger partial charge in [-0.15, -0.1) is 0 Å². The Morgan fingerprint density at radius 3 is 2.69 bits per heavy atom. The summed E-state index contributed by atoms with van der Waals surface area (Å²) in [7, 11) is 3.95. The molecule has 1 saturated heterocycles. The number of fused-ring (bicyclic) bond motifs is 2. The Kier molecular flexibility index (Phi) is 4.45. The number of ether oxygens (including phenoxy) is 1. The zero-order chi connectivity index (χ0) is 25.3. The highest BCUT2D eigenvalue weighted by Crippen LogP contribution is 2.71. The van der Waals surface area contributed by atoms with E-state index >= 15 is 0 Å². The molecule has 1 aromatic heterocycles. The number of benzene rings is 1. The molecule has 7 rings (SSSR count). The summed E-state index contributed by atoms with van der Waals surface area (Å²) in [6.07, 6.45) is 10.3. The molecule has 7 atom stereocenters. The van der Waals surface area contributed by atoms with Gasteiger partial charge >= 0.3 is 0 Å². The van der Waals surface area contributed by atoms with E-state index in [1.54, 1.807) is 0 Å². The number of nitrogens with zero attached hydrogens (tertiary/aromatic N) is 2. The van der Waals surface area contributed by atoms with Crippen molar-refractivity contribution in [3.8, 4) is 0 Å². The predicted octanol–water partition coefficient (Wildman–Crippen LogP) is 4.49. The zero-order valence-electron chi connectivity index (χ0n) is 21.8. The van der Waals surface area contributed by atoms with E-state index in [2.05, 4.69) is 56.1 Å². The lowest BCUT2D eigenvalue weighted by Crippen LogP contribution is -2.63. The molecule has 5 aliphatic rings. The average Bonchev–Trinajstić information content (AvgIpc) is 3.52. The van der Waals surface area contributed by atoms with Gasteiger partial charge in [-0.2, -0.15) is 0 Å². The minimum absolute atomic E-state index is 0.143. The maximum absolute atomic E-state index is 11.2. The Bertz CT molecular complexity index is 1370. The first-order chi connectivity index (χ1) is 17.0. The van der Waals surface area contributed by atoms with E-state index in [1.807, 2.05) is 25.1 Å². The van der Waals surface area contributed by atoms with Crippen molar-refractivity contribution in [1.29, 1.82) is 0 Å². The van der Waals surface area contributed by atoms with E-state index < -0.39 is 17.8 Å². The molecule has 2 aromatic rings. The second-order valence-electron chi connectivity index (χ2n) is 12.7. The summed E-state index contributed by atoms with van der Waals surface area (Å²) < 4.78 is 12.9. The molecular weight excluding hydrogens is 452 g/mol. The van der Waals surface area contributed by atoms with Crippen molar-refractivity contribution in [1.82, 2.24) is 9.88 Å². The van der Waals surface area contributed by atoms with Crippen LogP contribution in [0, 0.1) is 16.7 Å². The van der Waals surface area contributed by atoms with Gasteiger partial charge in [0.1, 0.15) is 11.6 Å². The lowest BCUT2D eigenvalue weighted by molar-refractivity contribution is -0.170. The van der Waals surface area contributed by atoms with Crippen LogP contribution >= 0.6 is 0 Å². The van der Waals surface area contributed by atoms with E-state index in [0.29, 0.717) is 6.42 Å². The van der Waals surface area contributed by atoms with Gasteiger partial charge in [-0.25, -0.2) is 4.98 Å². The molecule has 2 bridgehead atoms. The molecule has 2 aliphatic heterocycles. The number of aliphatic hydroxyl groups is 2. The van der Waals surface area contributed by atoms with Gasteiger partial charge in [0, 0.05) is 17.4 Å². The summed E-state index contributed by atoms with van der Waals surface area (Å²) in [5, 5.41) is 22.2.